The first-order valence-corrected chi connectivity index (χ1v) is 11.0. The summed E-state index contributed by atoms with van der Waals surface area (Å²) < 4.78 is 5.28. The Labute approximate surface area is 185 Å². The molecule has 3 aromatic rings. The fourth-order valence-electron chi connectivity index (χ4n) is 3.19. The molecule has 0 saturated carbocycles. The van der Waals surface area contributed by atoms with E-state index in [1.54, 1.807) is 11.8 Å². The Balaban J connectivity index is 1.72. The van der Waals surface area contributed by atoms with Crippen LogP contribution in [0.15, 0.2) is 81.5 Å². The zero-order valence-electron chi connectivity index (χ0n) is 16.5. The van der Waals surface area contributed by atoms with Crippen molar-refractivity contribution < 1.29 is 9.53 Å². The second-order valence-corrected chi connectivity index (χ2v) is 8.22. The number of amides is 1. The Hall–Kier alpha value is -2.60. The van der Waals surface area contributed by atoms with Crippen LogP contribution in [0.3, 0.4) is 0 Å². The summed E-state index contributed by atoms with van der Waals surface area (Å²) in [7, 11) is 0. The van der Waals surface area contributed by atoms with Gasteiger partial charge in [-0.15, -0.1) is 0 Å². The molecule has 152 valence electrons. The number of aliphatic imine (C=N–C) groups is 1. The van der Waals surface area contributed by atoms with Crippen LogP contribution >= 0.6 is 23.4 Å². The molecule has 1 heterocycles. The second kappa shape index (κ2) is 9.47. The highest BCUT2D eigenvalue weighted by Crippen LogP contribution is 2.41. The van der Waals surface area contributed by atoms with Crippen LogP contribution in [-0.4, -0.2) is 31.4 Å². The molecule has 0 aromatic heterocycles. The number of benzene rings is 3. The quantitative estimate of drug-likeness (QED) is 0.392. The predicted octanol–water partition coefficient (Wildman–Crippen LogP) is 5.74. The summed E-state index contributed by atoms with van der Waals surface area (Å²) in [6.07, 6.45) is 0. The van der Waals surface area contributed by atoms with Crippen molar-refractivity contribution >= 4 is 40.7 Å². The first-order chi connectivity index (χ1) is 14.7. The van der Waals surface area contributed by atoms with E-state index in [2.05, 4.69) is 17.4 Å². The maximum absolute atomic E-state index is 12.6. The van der Waals surface area contributed by atoms with Gasteiger partial charge < -0.3 is 10.1 Å². The molecule has 0 fully saturated rings. The van der Waals surface area contributed by atoms with E-state index in [0.29, 0.717) is 30.3 Å². The summed E-state index contributed by atoms with van der Waals surface area (Å²) in [5, 5.41) is 3.57. The third kappa shape index (κ3) is 4.59. The third-order valence-electron chi connectivity index (χ3n) is 4.67. The maximum Gasteiger partial charge on any atom is 0.251 e. The lowest BCUT2D eigenvalue weighted by Gasteiger charge is -2.09. The molecule has 0 atom stereocenters. The molecule has 4 rings (SSSR count). The van der Waals surface area contributed by atoms with Gasteiger partial charge in [0.25, 0.3) is 5.91 Å². The van der Waals surface area contributed by atoms with E-state index in [9.17, 15) is 4.79 Å². The number of fused-ring (bicyclic) bond motifs is 2. The van der Waals surface area contributed by atoms with Crippen LogP contribution in [0.25, 0.3) is 0 Å². The summed E-state index contributed by atoms with van der Waals surface area (Å²) in [6.45, 7) is 3.54. The van der Waals surface area contributed by atoms with Crippen molar-refractivity contribution in [2.75, 3.05) is 19.8 Å². The number of hydrogen-bond donors (Lipinski definition) is 1. The minimum absolute atomic E-state index is 0.132. The number of rotatable bonds is 6. The lowest BCUT2D eigenvalue weighted by atomic mass is 10.0. The molecular formula is C24H21ClN2O2S. The van der Waals surface area contributed by atoms with E-state index in [-0.39, 0.29) is 5.91 Å². The number of halogens is 1. The normalized spacial score (nSPS) is 12.4. The Morgan fingerprint density at radius 2 is 1.87 bits per heavy atom. The van der Waals surface area contributed by atoms with Crippen molar-refractivity contribution in [2.45, 2.75) is 16.7 Å². The molecular weight excluding hydrogens is 416 g/mol. The highest BCUT2D eigenvalue weighted by Gasteiger charge is 2.19. The SMILES string of the molecule is CCOCCNC(=O)c1ccc2c(c1)N=C(c1ccc(Cl)cc1)c1ccccc1S2. The molecule has 1 amide bonds. The Bertz CT molecular complexity index is 1100. The smallest absolute Gasteiger partial charge is 0.251 e. The van der Waals surface area contributed by atoms with Crippen LogP contribution in [0.5, 0.6) is 0 Å². The zero-order chi connectivity index (χ0) is 20.9. The first-order valence-electron chi connectivity index (χ1n) is 9.77. The molecule has 1 aliphatic rings. The van der Waals surface area contributed by atoms with Gasteiger partial charge in [-0.2, -0.15) is 0 Å². The molecule has 1 N–H and O–H groups in total. The summed E-state index contributed by atoms with van der Waals surface area (Å²) in [5.74, 6) is -0.132. The highest BCUT2D eigenvalue weighted by atomic mass is 35.5. The molecule has 0 spiro atoms. The number of carbonyl (C=O) groups excluding carboxylic acids is 1. The molecule has 0 saturated heterocycles. The lowest BCUT2D eigenvalue weighted by Crippen LogP contribution is -2.27. The van der Waals surface area contributed by atoms with Gasteiger partial charge in [0.2, 0.25) is 0 Å². The van der Waals surface area contributed by atoms with Crippen LogP contribution < -0.4 is 5.32 Å². The molecule has 6 heteroatoms. The monoisotopic (exact) mass is 436 g/mol. The van der Waals surface area contributed by atoms with E-state index in [4.69, 9.17) is 21.3 Å². The molecule has 4 nitrogen and oxygen atoms in total. The van der Waals surface area contributed by atoms with E-state index in [1.165, 1.54) is 0 Å². The summed E-state index contributed by atoms with van der Waals surface area (Å²) >= 11 is 7.74. The molecule has 1 aliphatic heterocycles. The third-order valence-corrected chi connectivity index (χ3v) is 6.06. The zero-order valence-corrected chi connectivity index (χ0v) is 18.1. The standard InChI is InChI=1S/C24H21ClN2O2S/c1-2-29-14-13-26-24(28)17-9-12-22-20(15-17)27-23(16-7-10-18(25)11-8-16)19-5-3-4-6-21(19)30-22/h3-12,15H,2,13-14H2,1H3,(H,26,28). The van der Waals surface area contributed by atoms with Crippen LogP contribution in [0.1, 0.15) is 28.4 Å². The van der Waals surface area contributed by atoms with Gasteiger partial charge in [0.1, 0.15) is 0 Å². The molecule has 0 radical (unpaired) electrons. The Morgan fingerprint density at radius 1 is 1.07 bits per heavy atom. The van der Waals surface area contributed by atoms with Gasteiger partial charge >= 0.3 is 0 Å². The second-order valence-electron chi connectivity index (χ2n) is 6.70. The van der Waals surface area contributed by atoms with E-state index >= 15 is 0 Å². The van der Waals surface area contributed by atoms with Crippen LogP contribution in [-0.2, 0) is 4.74 Å². The summed E-state index contributed by atoms with van der Waals surface area (Å²) in [5.41, 5.74) is 4.26. The van der Waals surface area contributed by atoms with Gasteiger partial charge in [-0.05, 0) is 43.3 Å². The Kier molecular flexibility index (Phi) is 6.53. The van der Waals surface area contributed by atoms with Gasteiger partial charge in [0, 0.05) is 44.7 Å². The molecule has 0 unspecified atom stereocenters. The number of nitrogens with one attached hydrogen (secondary N) is 1. The van der Waals surface area contributed by atoms with Crippen molar-refractivity contribution in [2.24, 2.45) is 4.99 Å². The van der Waals surface area contributed by atoms with Crippen molar-refractivity contribution in [3.8, 4) is 0 Å². The average Bonchev–Trinajstić information content (AvgIpc) is 2.93. The fraction of sp³-hybridized carbons (Fsp3) is 0.167. The Morgan fingerprint density at radius 3 is 2.67 bits per heavy atom. The van der Waals surface area contributed by atoms with Crippen molar-refractivity contribution in [1.29, 1.82) is 0 Å². The minimum atomic E-state index is -0.132. The number of ether oxygens (including phenoxy) is 1. The first kappa shape index (κ1) is 20.7. The summed E-state index contributed by atoms with van der Waals surface area (Å²) in [6, 6.07) is 21.5. The van der Waals surface area contributed by atoms with Gasteiger partial charge in [-0.3, -0.25) is 4.79 Å². The van der Waals surface area contributed by atoms with Crippen molar-refractivity contribution in [1.82, 2.24) is 5.32 Å². The number of carbonyl (C=O) groups is 1. The molecule has 0 aliphatic carbocycles. The van der Waals surface area contributed by atoms with Gasteiger partial charge in [-0.1, -0.05) is 53.7 Å². The fourth-order valence-corrected chi connectivity index (χ4v) is 4.32. The lowest BCUT2D eigenvalue weighted by molar-refractivity contribution is 0.0922. The van der Waals surface area contributed by atoms with E-state index in [0.717, 1.165) is 32.3 Å². The van der Waals surface area contributed by atoms with Crippen LogP contribution in [0.4, 0.5) is 5.69 Å². The number of hydrogen-bond acceptors (Lipinski definition) is 4. The van der Waals surface area contributed by atoms with Gasteiger partial charge in [0.05, 0.1) is 18.0 Å². The molecule has 0 bridgehead atoms. The molecule has 3 aromatic carbocycles. The summed E-state index contributed by atoms with van der Waals surface area (Å²) in [4.78, 5) is 19.7. The van der Waals surface area contributed by atoms with Crippen molar-refractivity contribution in [3.63, 3.8) is 0 Å². The predicted molar refractivity (Wildman–Crippen MR) is 123 cm³/mol. The van der Waals surface area contributed by atoms with Crippen LogP contribution in [0.2, 0.25) is 5.02 Å². The largest absolute Gasteiger partial charge is 0.380 e. The molecule has 30 heavy (non-hydrogen) atoms. The number of nitrogens with zero attached hydrogens (tertiary/aromatic N) is 1. The highest BCUT2D eigenvalue weighted by molar-refractivity contribution is 7.99. The topological polar surface area (TPSA) is 50.7 Å². The van der Waals surface area contributed by atoms with Gasteiger partial charge in [0.15, 0.2) is 0 Å². The van der Waals surface area contributed by atoms with Crippen LogP contribution in [0, 0.1) is 0 Å². The average molecular weight is 437 g/mol. The minimum Gasteiger partial charge on any atom is -0.380 e. The van der Waals surface area contributed by atoms with Gasteiger partial charge in [-0.25, -0.2) is 4.99 Å². The van der Waals surface area contributed by atoms with Crippen molar-refractivity contribution in [3.05, 3.63) is 88.4 Å². The maximum atomic E-state index is 12.6. The van der Waals surface area contributed by atoms with E-state index < -0.39 is 0 Å². The van der Waals surface area contributed by atoms with E-state index in [1.807, 2.05) is 61.5 Å².